The van der Waals surface area contributed by atoms with Crippen molar-refractivity contribution in [2.24, 2.45) is 0 Å². The Bertz CT molecular complexity index is 223. The van der Waals surface area contributed by atoms with Crippen LogP contribution in [0, 0.1) is 0 Å². The fourth-order valence-electron chi connectivity index (χ4n) is 2.62. The van der Waals surface area contributed by atoms with Gasteiger partial charge in [-0.15, -0.1) is 0 Å². The molecule has 0 amide bonds. The average Bonchev–Trinajstić information content (AvgIpc) is 2.39. The van der Waals surface area contributed by atoms with Crippen LogP contribution in [0.15, 0.2) is 0 Å². The molecule has 0 bridgehead atoms. The minimum Gasteiger partial charge on any atom is -0.394 e. The second-order valence-electron chi connectivity index (χ2n) is 6.09. The molecular formula is C14H31N3O. The molecule has 0 aromatic carbocycles. The highest BCUT2D eigenvalue weighted by Gasteiger charge is 2.23. The van der Waals surface area contributed by atoms with Gasteiger partial charge in [0.15, 0.2) is 0 Å². The fourth-order valence-corrected chi connectivity index (χ4v) is 2.62. The first-order chi connectivity index (χ1) is 8.50. The van der Waals surface area contributed by atoms with Crippen molar-refractivity contribution in [3.63, 3.8) is 0 Å². The second-order valence-corrected chi connectivity index (χ2v) is 6.09. The van der Waals surface area contributed by atoms with E-state index in [4.69, 9.17) is 0 Å². The molecule has 0 saturated carbocycles. The fraction of sp³-hybridized carbons (Fsp3) is 1.00. The van der Waals surface area contributed by atoms with Crippen molar-refractivity contribution in [2.45, 2.75) is 44.2 Å². The van der Waals surface area contributed by atoms with E-state index < -0.39 is 0 Å². The van der Waals surface area contributed by atoms with Gasteiger partial charge in [-0.05, 0) is 73.4 Å². The summed E-state index contributed by atoms with van der Waals surface area (Å²) in [5.74, 6) is 0. The van der Waals surface area contributed by atoms with E-state index in [0.29, 0.717) is 0 Å². The highest BCUT2D eigenvalue weighted by Crippen LogP contribution is 2.16. The van der Waals surface area contributed by atoms with Crippen molar-refractivity contribution in [2.75, 3.05) is 47.4 Å². The summed E-state index contributed by atoms with van der Waals surface area (Å²) in [5, 5.41) is 12.6. The molecule has 1 fully saturated rings. The molecule has 1 atom stereocenters. The number of nitrogens with one attached hydrogen (secondary N) is 1. The van der Waals surface area contributed by atoms with Crippen molar-refractivity contribution in [1.29, 1.82) is 0 Å². The smallest absolute Gasteiger partial charge is 0.0610 e. The third kappa shape index (κ3) is 4.84. The van der Waals surface area contributed by atoms with Crippen LogP contribution in [0.4, 0.5) is 0 Å². The Labute approximate surface area is 112 Å². The Morgan fingerprint density at radius 3 is 2.50 bits per heavy atom. The first-order valence-corrected chi connectivity index (χ1v) is 7.19. The summed E-state index contributed by atoms with van der Waals surface area (Å²) < 4.78 is 0. The zero-order chi connectivity index (χ0) is 13.6. The van der Waals surface area contributed by atoms with Gasteiger partial charge < -0.3 is 20.2 Å². The summed E-state index contributed by atoms with van der Waals surface area (Å²) in [6, 6.07) is 0.746. The van der Waals surface area contributed by atoms with Crippen LogP contribution < -0.4 is 5.32 Å². The summed E-state index contributed by atoms with van der Waals surface area (Å²) in [4.78, 5) is 4.91. The molecule has 0 aliphatic carbocycles. The van der Waals surface area contributed by atoms with Gasteiger partial charge in [0.05, 0.1) is 6.61 Å². The Hall–Kier alpha value is -0.160. The van der Waals surface area contributed by atoms with Crippen LogP contribution in [0.3, 0.4) is 0 Å². The van der Waals surface area contributed by atoms with Crippen molar-refractivity contribution < 1.29 is 5.11 Å². The molecule has 0 spiro atoms. The highest BCUT2D eigenvalue weighted by molar-refractivity contribution is 4.82. The molecule has 2 N–H and O–H groups in total. The molecular weight excluding hydrogens is 226 g/mol. The van der Waals surface area contributed by atoms with Crippen LogP contribution in [0.5, 0.6) is 0 Å². The maximum absolute atomic E-state index is 9.35. The van der Waals surface area contributed by atoms with Crippen LogP contribution in [-0.4, -0.2) is 73.9 Å². The zero-order valence-electron chi connectivity index (χ0n) is 12.6. The highest BCUT2D eigenvalue weighted by atomic mass is 16.3. The maximum atomic E-state index is 9.35. The quantitative estimate of drug-likeness (QED) is 0.706. The standard InChI is InChI=1S/C14H31N3O/c1-14(12-18,15-2)8-5-9-17(4)13-6-10-16(3)11-7-13/h13,15,18H,5-12H2,1-4H3. The molecule has 18 heavy (non-hydrogen) atoms. The SMILES string of the molecule is CNC(C)(CO)CCCN(C)C1CCN(C)CC1. The number of hydrogen-bond donors (Lipinski definition) is 2. The van der Waals surface area contributed by atoms with Crippen LogP contribution in [0.25, 0.3) is 0 Å². The molecule has 0 radical (unpaired) electrons. The lowest BCUT2D eigenvalue weighted by Gasteiger charge is -2.36. The lowest BCUT2D eigenvalue weighted by Crippen LogP contribution is -2.45. The number of aliphatic hydroxyl groups excluding tert-OH is 1. The minimum atomic E-state index is -0.117. The van der Waals surface area contributed by atoms with Gasteiger partial charge >= 0.3 is 0 Å². The summed E-state index contributed by atoms with van der Waals surface area (Å²) >= 11 is 0. The number of likely N-dealkylation sites (N-methyl/N-ethyl adjacent to an activating group) is 1. The van der Waals surface area contributed by atoms with E-state index in [0.717, 1.165) is 25.4 Å². The Kier molecular flexibility index (Phi) is 6.57. The van der Waals surface area contributed by atoms with Gasteiger partial charge in [0.25, 0.3) is 0 Å². The van der Waals surface area contributed by atoms with E-state index >= 15 is 0 Å². The van der Waals surface area contributed by atoms with Crippen molar-refractivity contribution in [1.82, 2.24) is 15.1 Å². The number of piperidine rings is 1. The lowest BCUT2D eigenvalue weighted by molar-refractivity contribution is 0.131. The number of nitrogens with zero attached hydrogens (tertiary/aromatic N) is 2. The van der Waals surface area contributed by atoms with E-state index in [9.17, 15) is 5.11 Å². The molecule has 1 aliphatic rings. The van der Waals surface area contributed by atoms with Crippen LogP contribution in [0.2, 0.25) is 0 Å². The van der Waals surface area contributed by atoms with Crippen molar-refractivity contribution in [3.8, 4) is 0 Å². The summed E-state index contributed by atoms with van der Waals surface area (Å²) in [7, 11) is 6.37. The molecule has 0 aromatic heterocycles. The Morgan fingerprint density at radius 2 is 2.00 bits per heavy atom. The zero-order valence-corrected chi connectivity index (χ0v) is 12.6. The van der Waals surface area contributed by atoms with Crippen LogP contribution in [0.1, 0.15) is 32.6 Å². The van der Waals surface area contributed by atoms with Crippen molar-refractivity contribution in [3.05, 3.63) is 0 Å². The third-order valence-corrected chi connectivity index (χ3v) is 4.50. The summed E-state index contributed by atoms with van der Waals surface area (Å²) in [6.07, 6.45) is 4.74. The third-order valence-electron chi connectivity index (χ3n) is 4.50. The summed E-state index contributed by atoms with van der Waals surface area (Å²) in [6.45, 7) is 5.87. The van der Waals surface area contributed by atoms with Crippen LogP contribution >= 0.6 is 0 Å². The number of aliphatic hydroxyl groups is 1. The molecule has 4 heteroatoms. The molecule has 4 nitrogen and oxygen atoms in total. The molecule has 1 saturated heterocycles. The van der Waals surface area contributed by atoms with Gasteiger partial charge in [-0.1, -0.05) is 0 Å². The van der Waals surface area contributed by atoms with Gasteiger partial charge in [0.1, 0.15) is 0 Å². The molecule has 0 aromatic rings. The van der Waals surface area contributed by atoms with Gasteiger partial charge in [-0.3, -0.25) is 0 Å². The topological polar surface area (TPSA) is 38.7 Å². The van der Waals surface area contributed by atoms with Crippen molar-refractivity contribution >= 4 is 0 Å². The first kappa shape index (κ1) is 15.9. The predicted octanol–water partition coefficient (Wildman–Crippen LogP) is 0.763. The van der Waals surface area contributed by atoms with E-state index in [2.05, 4.69) is 36.1 Å². The van der Waals surface area contributed by atoms with E-state index in [-0.39, 0.29) is 12.1 Å². The largest absolute Gasteiger partial charge is 0.394 e. The number of rotatable bonds is 7. The number of likely N-dealkylation sites (tertiary alicyclic amines) is 1. The lowest BCUT2D eigenvalue weighted by atomic mass is 9.96. The van der Waals surface area contributed by atoms with Gasteiger partial charge in [0, 0.05) is 11.6 Å². The average molecular weight is 257 g/mol. The molecule has 108 valence electrons. The van der Waals surface area contributed by atoms with E-state index in [1.54, 1.807) is 0 Å². The van der Waals surface area contributed by atoms with E-state index in [1.807, 2.05) is 7.05 Å². The first-order valence-electron chi connectivity index (χ1n) is 7.19. The minimum absolute atomic E-state index is 0.117. The predicted molar refractivity (Wildman–Crippen MR) is 76.9 cm³/mol. The van der Waals surface area contributed by atoms with Gasteiger partial charge in [-0.25, -0.2) is 0 Å². The molecule has 1 unspecified atom stereocenters. The Balaban J connectivity index is 2.22. The Morgan fingerprint density at radius 1 is 1.39 bits per heavy atom. The van der Waals surface area contributed by atoms with Crippen LogP contribution in [-0.2, 0) is 0 Å². The maximum Gasteiger partial charge on any atom is 0.0610 e. The van der Waals surface area contributed by atoms with E-state index in [1.165, 1.54) is 25.9 Å². The molecule has 1 rings (SSSR count). The van der Waals surface area contributed by atoms with Gasteiger partial charge in [0.2, 0.25) is 0 Å². The second kappa shape index (κ2) is 7.43. The normalized spacial score (nSPS) is 22.3. The molecule has 1 heterocycles. The molecule has 1 aliphatic heterocycles. The monoisotopic (exact) mass is 257 g/mol. The van der Waals surface area contributed by atoms with Gasteiger partial charge in [-0.2, -0.15) is 0 Å². The summed E-state index contributed by atoms with van der Waals surface area (Å²) in [5.41, 5.74) is -0.117. The number of hydrogen-bond acceptors (Lipinski definition) is 4.